The van der Waals surface area contributed by atoms with Crippen molar-refractivity contribution >= 4 is 139 Å². The average molecular weight is 722 g/mol. The highest BCUT2D eigenvalue weighted by Crippen LogP contribution is 2.48. The zero-order valence-corrected chi connectivity index (χ0v) is 24.4. The second-order valence-corrected chi connectivity index (χ2v) is 12.5. The van der Waals surface area contributed by atoms with Gasteiger partial charge < -0.3 is 0 Å². The van der Waals surface area contributed by atoms with E-state index in [0.717, 1.165) is 77.1 Å². The first-order valence-corrected chi connectivity index (χ1v) is 14.4. The quantitative estimate of drug-likeness (QED) is 0.0888. The Bertz CT molecular complexity index is 2400. The molecule has 0 amide bonds. The fourth-order valence-electron chi connectivity index (χ4n) is 6.10. The van der Waals surface area contributed by atoms with E-state index >= 15 is 0 Å². The standard InChI is InChI=1S/C30H10Br4O2/c31-20-10-19-24-15(17-9-21(32)27(33)28(34)26(17)30(19)36)7-11-5-6-14-23-16(8-18(20)25(24)22(11)23)12-3-1-2-4-13(12)29(14)35/h1-10H. The highest BCUT2D eigenvalue weighted by atomic mass is 79.9. The Morgan fingerprint density at radius 2 is 1.08 bits per heavy atom. The van der Waals surface area contributed by atoms with Crippen molar-refractivity contribution in [2.75, 3.05) is 0 Å². The first-order valence-electron chi connectivity index (χ1n) is 11.2. The number of hydrogen-bond acceptors (Lipinski definition) is 2. The molecule has 0 aliphatic heterocycles. The van der Waals surface area contributed by atoms with Gasteiger partial charge in [-0.25, -0.2) is 0 Å². The Balaban J connectivity index is 1.80. The largest absolute Gasteiger partial charge is 0.289 e. The lowest BCUT2D eigenvalue weighted by atomic mass is 9.84. The van der Waals surface area contributed by atoms with Gasteiger partial charge in [-0.05, 0) is 121 Å². The molecule has 36 heavy (non-hydrogen) atoms. The minimum absolute atomic E-state index is 0.0230. The van der Waals surface area contributed by atoms with E-state index in [1.165, 1.54) is 0 Å². The van der Waals surface area contributed by atoms with Gasteiger partial charge in [-0.1, -0.05) is 46.3 Å². The molecule has 0 fully saturated rings. The Morgan fingerprint density at radius 3 is 1.89 bits per heavy atom. The van der Waals surface area contributed by atoms with Gasteiger partial charge in [0.2, 0.25) is 0 Å². The zero-order valence-electron chi connectivity index (χ0n) is 18.1. The minimum Gasteiger partial charge on any atom is -0.289 e. The zero-order chi connectivity index (χ0) is 24.6. The third kappa shape index (κ3) is 2.47. The SMILES string of the molecule is O=c1c2ccccc2c2cc3c(Br)cc4c(=O)c5c(Br)c(Br)c(Br)cc5c5cc6ccc1c2c6c3c45. The molecule has 6 heteroatoms. The van der Waals surface area contributed by atoms with Crippen LogP contribution in [0.15, 0.2) is 88.1 Å². The van der Waals surface area contributed by atoms with Crippen LogP contribution in [0.25, 0.3) is 75.4 Å². The molecule has 8 rings (SSSR count). The van der Waals surface area contributed by atoms with Crippen LogP contribution >= 0.6 is 63.7 Å². The Labute approximate surface area is 236 Å². The molecule has 0 N–H and O–H groups in total. The molecule has 0 saturated heterocycles. The average Bonchev–Trinajstić information content (AvgIpc) is 2.88. The van der Waals surface area contributed by atoms with Crippen LogP contribution < -0.4 is 10.9 Å². The van der Waals surface area contributed by atoms with Crippen LogP contribution in [0.5, 0.6) is 0 Å². The summed E-state index contributed by atoms with van der Waals surface area (Å²) in [7, 11) is 0. The molecule has 0 radical (unpaired) electrons. The lowest BCUT2D eigenvalue weighted by molar-refractivity contribution is 1.60. The van der Waals surface area contributed by atoms with Crippen molar-refractivity contribution in [2.45, 2.75) is 0 Å². The van der Waals surface area contributed by atoms with Crippen molar-refractivity contribution in [3.05, 3.63) is 99.0 Å². The van der Waals surface area contributed by atoms with E-state index in [2.05, 4.69) is 75.9 Å². The molecule has 0 bridgehead atoms. The van der Waals surface area contributed by atoms with Crippen LogP contribution in [0.1, 0.15) is 0 Å². The van der Waals surface area contributed by atoms with Crippen LogP contribution in [-0.2, 0) is 0 Å². The molecular formula is C30H10Br4O2. The molecule has 0 saturated carbocycles. The maximum atomic E-state index is 13.9. The molecule has 170 valence electrons. The molecule has 8 aromatic rings. The Kier molecular flexibility index (Phi) is 4.30. The molecular weight excluding hydrogens is 712 g/mol. The highest BCUT2D eigenvalue weighted by Gasteiger charge is 2.24. The van der Waals surface area contributed by atoms with Gasteiger partial charge in [0.25, 0.3) is 0 Å². The van der Waals surface area contributed by atoms with Crippen molar-refractivity contribution in [1.82, 2.24) is 0 Å². The summed E-state index contributed by atoms with van der Waals surface area (Å²) in [5.74, 6) is 0. The van der Waals surface area contributed by atoms with Gasteiger partial charge in [0.05, 0.1) is 0 Å². The van der Waals surface area contributed by atoms with Gasteiger partial charge in [-0.15, -0.1) is 0 Å². The van der Waals surface area contributed by atoms with Crippen molar-refractivity contribution in [3.63, 3.8) is 0 Å². The summed E-state index contributed by atoms with van der Waals surface area (Å²) in [4.78, 5) is 27.5. The summed E-state index contributed by atoms with van der Waals surface area (Å²) >= 11 is 14.7. The predicted molar refractivity (Wildman–Crippen MR) is 166 cm³/mol. The van der Waals surface area contributed by atoms with Crippen molar-refractivity contribution in [2.24, 2.45) is 0 Å². The lowest BCUT2D eigenvalue weighted by Gasteiger charge is -2.20. The Hall–Kier alpha value is -2.38. The summed E-state index contributed by atoms with van der Waals surface area (Å²) in [6.07, 6.45) is 0. The van der Waals surface area contributed by atoms with Crippen LogP contribution in [0, 0.1) is 0 Å². The van der Waals surface area contributed by atoms with Gasteiger partial charge in [0.1, 0.15) is 0 Å². The van der Waals surface area contributed by atoms with E-state index in [1.807, 2.05) is 48.5 Å². The highest BCUT2D eigenvalue weighted by molar-refractivity contribution is 9.14. The minimum atomic E-state index is -0.0230. The molecule has 2 nitrogen and oxygen atoms in total. The molecule has 0 aliphatic rings. The summed E-state index contributed by atoms with van der Waals surface area (Å²) < 4.78 is 3.28. The van der Waals surface area contributed by atoms with Crippen molar-refractivity contribution in [3.8, 4) is 0 Å². The number of rotatable bonds is 0. The van der Waals surface area contributed by atoms with E-state index in [1.54, 1.807) is 0 Å². The van der Waals surface area contributed by atoms with Crippen LogP contribution in [-0.4, -0.2) is 0 Å². The molecule has 0 aliphatic carbocycles. The number of halogens is 4. The van der Waals surface area contributed by atoms with Crippen molar-refractivity contribution < 1.29 is 0 Å². The molecule has 0 spiro atoms. The summed E-state index contributed by atoms with van der Waals surface area (Å²) in [5.41, 5.74) is 0.0203. The van der Waals surface area contributed by atoms with Crippen LogP contribution in [0.2, 0.25) is 0 Å². The topological polar surface area (TPSA) is 34.1 Å². The van der Waals surface area contributed by atoms with Gasteiger partial charge in [-0.2, -0.15) is 0 Å². The van der Waals surface area contributed by atoms with E-state index in [4.69, 9.17) is 0 Å². The maximum absolute atomic E-state index is 13.9. The van der Waals surface area contributed by atoms with Crippen molar-refractivity contribution in [1.29, 1.82) is 0 Å². The lowest BCUT2D eigenvalue weighted by Crippen LogP contribution is -2.07. The smallest absolute Gasteiger partial charge is 0.195 e. The first kappa shape index (κ1) is 21.7. The van der Waals surface area contributed by atoms with E-state index in [-0.39, 0.29) is 10.9 Å². The fraction of sp³-hybridized carbons (Fsp3) is 0. The predicted octanol–water partition coefficient (Wildman–Crippen LogP) is 9.84. The van der Waals surface area contributed by atoms with E-state index < -0.39 is 0 Å². The van der Waals surface area contributed by atoms with E-state index in [9.17, 15) is 9.59 Å². The first-order chi connectivity index (χ1) is 17.4. The fourth-order valence-corrected chi connectivity index (χ4v) is 8.25. The van der Waals surface area contributed by atoms with Gasteiger partial charge >= 0.3 is 0 Å². The number of hydrogen-bond donors (Lipinski definition) is 0. The number of fused-ring (bicyclic) bond motifs is 4. The third-order valence-corrected chi connectivity index (χ3v) is 11.5. The second-order valence-electron chi connectivity index (χ2n) is 9.25. The van der Waals surface area contributed by atoms with Crippen LogP contribution in [0.4, 0.5) is 0 Å². The monoisotopic (exact) mass is 718 g/mol. The third-order valence-electron chi connectivity index (χ3n) is 7.56. The van der Waals surface area contributed by atoms with Gasteiger partial charge in [0, 0.05) is 50.2 Å². The molecule has 8 aromatic carbocycles. The van der Waals surface area contributed by atoms with Gasteiger partial charge in [-0.3, -0.25) is 9.59 Å². The van der Waals surface area contributed by atoms with Crippen LogP contribution in [0.3, 0.4) is 0 Å². The molecule has 0 aromatic heterocycles. The van der Waals surface area contributed by atoms with Gasteiger partial charge in [0.15, 0.2) is 10.9 Å². The summed E-state index contributed by atoms with van der Waals surface area (Å²) in [6.45, 7) is 0. The maximum Gasteiger partial charge on any atom is 0.195 e. The molecule has 0 heterocycles. The number of benzene rings is 8. The normalized spacial score (nSPS) is 12.7. The Morgan fingerprint density at radius 1 is 0.417 bits per heavy atom. The molecule has 0 unspecified atom stereocenters. The summed E-state index contributed by atoms with van der Waals surface area (Å²) in [5, 5.41) is 12.7. The second kappa shape index (κ2) is 7.13. The van der Waals surface area contributed by atoms with E-state index in [0.29, 0.717) is 16.2 Å². The summed E-state index contributed by atoms with van der Waals surface area (Å²) in [6, 6.07) is 20.1. The molecule has 0 atom stereocenters.